The third-order valence-electron chi connectivity index (χ3n) is 3.88. The van der Waals surface area contributed by atoms with Gasteiger partial charge in [0.2, 0.25) is 5.91 Å². The molecule has 1 aromatic rings. The summed E-state index contributed by atoms with van der Waals surface area (Å²) in [5.74, 6) is 0.894. The molecule has 2 N–H and O–H groups in total. The molecule has 0 aromatic heterocycles. The predicted octanol–water partition coefficient (Wildman–Crippen LogP) is 2.99. The predicted molar refractivity (Wildman–Crippen MR) is 85.1 cm³/mol. The number of carbonyl (C=O) groups is 1. The molecule has 0 saturated heterocycles. The lowest BCUT2D eigenvalue weighted by molar-refractivity contribution is -0.133. The SMILES string of the molecule is C=CCN(C(=O)CCOc1ccc(N)cc1)C1CCCC1. The van der Waals surface area contributed by atoms with Crippen LogP contribution in [0.15, 0.2) is 36.9 Å². The van der Waals surface area contributed by atoms with Gasteiger partial charge in [-0.25, -0.2) is 0 Å². The highest BCUT2D eigenvalue weighted by atomic mass is 16.5. The zero-order valence-electron chi connectivity index (χ0n) is 12.5. The summed E-state index contributed by atoms with van der Waals surface area (Å²) in [6.07, 6.45) is 6.85. The lowest BCUT2D eigenvalue weighted by Crippen LogP contribution is -2.39. The normalized spacial score (nSPS) is 14.9. The van der Waals surface area contributed by atoms with Crippen molar-refractivity contribution < 1.29 is 9.53 Å². The van der Waals surface area contributed by atoms with Gasteiger partial charge in [-0.2, -0.15) is 0 Å². The number of rotatable bonds is 7. The molecular formula is C17H24N2O2. The Bertz CT molecular complexity index is 464. The lowest BCUT2D eigenvalue weighted by Gasteiger charge is -2.28. The maximum absolute atomic E-state index is 12.3. The van der Waals surface area contributed by atoms with Gasteiger partial charge in [0, 0.05) is 18.3 Å². The maximum Gasteiger partial charge on any atom is 0.226 e. The first-order valence-electron chi connectivity index (χ1n) is 7.59. The first-order valence-corrected chi connectivity index (χ1v) is 7.59. The number of anilines is 1. The number of amides is 1. The average Bonchev–Trinajstić information content (AvgIpc) is 3.00. The van der Waals surface area contributed by atoms with Crippen LogP contribution < -0.4 is 10.5 Å². The van der Waals surface area contributed by atoms with Gasteiger partial charge in [0.05, 0.1) is 13.0 Å². The molecule has 21 heavy (non-hydrogen) atoms. The summed E-state index contributed by atoms with van der Waals surface area (Å²) in [6, 6.07) is 7.60. The van der Waals surface area contributed by atoms with Crippen molar-refractivity contribution in [3.8, 4) is 5.75 Å². The zero-order chi connectivity index (χ0) is 15.1. The summed E-state index contributed by atoms with van der Waals surface area (Å²) in [6.45, 7) is 4.78. The highest BCUT2D eigenvalue weighted by molar-refractivity contribution is 5.76. The average molecular weight is 288 g/mol. The Hall–Kier alpha value is -1.97. The second-order valence-corrected chi connectivity index (χ2v) is 5.44. The second-order valence-electron chi connectivity index (χ2n) is 5.44. The molecule has 1 amide bonds. The molecule has 0 bridgehead atoms. The Morgan fingerprint density at radius 3 is 2.62 bits per heavy atom. The largest absolute Gasteiger partial charge is 0.493 e. The third-order valence-corrected chi connectivity index (χ3v) is 3.88. The van der Waals surface area contributed by atoms with Crippen LogP contribution in [0.3, 0.4) is 0 Å². The third kappa shape index (κ3) is 4.52. The van der Waals surface area contributed by atoms with Crippen LogP contribution in [0.5, 0.6) is 5.75 Å². The summed E-state index contributed by atoms with van der Waals surface area (Å²) >= 11 is 0. The fraction of sp³-hybridized carbons (Fsp3) is 0.471. The quantitative estimate of drug-likeness (QED) is 0.620. The molecule has 4 heteroatoms. The molecule has 114 valence electrons. The fourth-order valence-electron chi connectivity index (χ4n) is 2.77. The Morgan fingerprint density at radius 2 is 2.00 bits per heavy atom. The molecule has 0 aliphatic heterocycles. The van der Waals surface area contributed by atoms with Crippen molar-refractivity contribution >= 4 is 11.6 Å². The molecule has 0 atom stereocenters. The van der Waals surface area contributed by atoms with E-state index >= 15 is 0 Å². The number of benzene rings is 1. The minimum Gasteiger partial charge on any atom is -0.493 e. The topological polar surface area (TPSA) is 55.6 Å². The van der Waals surface area contributed by atoms with Gasteiger partial charge < -0.3 is 15.4 Å². The molecule has 0 radical (unpaired) electrons. The van der Waals surface area contributed by atoms with Gasteiger partial charge in [0.1, 0.15) is 5.75 Å². The van der Waals surface area contributed by atoms with E-state index in [1.54, 1.807) is 18.2 Å². The van der Waals surface area contributed by atoms with Crippen LogP contribution in [0, 0.1) is 0 Å². The summed E-state index contributed by atoms with van der Waals surface area (Å²) in [4.78, 5) is 14.3. The molecule has 4 nitrogen and oxygen atoms in total. The van der Waals surface area contributed by atoms with Crippen LogP contribution in [0.1, 0.15) is 32.1 Å². The van der Waals surface area contributed by atoms with Gasteiger partial charge in [-0.05, 0) is 37.1 Å². The lowest BCUT2D eigenvalue weighted by atomic mass is 10.2. The molecule has 1 aliphatic rings. The number of nitrogen functional groups attached to an aromatic ring is 1. The Kier molecular flexibility index (Phi) is 5.67. The van der Waals surface area contributed by atoms with Crippen molar-refractivity contribution in [1.82, 2.24) is 4.90 Å². The molecular weight excluding hydrogens is 264 g/mol. The first-order chi connectivity index (χ1) is 10.2. The number of carbonyl (C=O) groups excluding carboxylic acids is 1. The van der Waals surface area contributed by atoms with Gasteiger partial charge in [0.15, 0.2) is 0 Å². The van der Waals surface area contributed by atoms with E-state index in [4.69, 9.17) is 10.5 Å². The van der Waals surface area contributed by atoms with Crippen LogP contribution in [-0.4, -0.2) is 30.0 Å². The standard InChI is InChI=1S/C17H24N2O2/c1-2-12-19(15-5-3-4-6-15)17(20)11-13-21-16-9-7-14(18)8-10-16/h2,7-10,15H,1,3-6,11-13,18H2. The number of nitrogens with zero attached hydrogens (tertiary/aromatic N) is 1. The van der Waals surface area contributed by atoms with Crippen LogP contribution in [0.25, 0.3) is 0 Å². The molecule has 1 aromatic carbocycles. The smallest absolute Gasteiger partial charge is 0.226 e. The number of hydrogen-bond donors (Lipinski definition) is 1. The van der Waals surface area contributed by atoms with Crippen molar-refractivity contribution in [2.45, 2.75) is 38.1 Å². The summed E-state index contributed by atoms with van der Waals surface area (Å²) in [5, 5.41) is 0. The zero-order valence-corrected chi connectivity index (χ0v) is 12.5. The molecule has 2 rings (SSSR count). The summed E-state index contributed by atoms with van der Waals surface area (Å²) in [7, 11) is 0. The minimum atomic E-state index is 0.150. The molecule has 1 saturated carbocycles. The van der Waals surface area contributed by atoms with E-state index < -0.39 is 0 Å². The number of ether oxygens (including phenoxy) is 1. The van der Waals surface area contributed by atoms with Gasteiger partial charge in [-0.3, -0.25) is 4.79 Å². The van der Waals surface area contributed by atoms with Gasteiger partial charge in [-0.1, -0.05) is 18.9 Å². The minimum absolute atomic E-state index is 0.150. The second kappa shape index (κ2) is 7.72. The fourth-order valence-corrected chi connectivity index (χ4v) is 2.77. The van der Waals surface area contributed by atoms with E-state index in [1.807, 2.05) is 17.0 Å². The Balaban J connectivity index is 1.81. The Morgan fingerprint density at radius 1 is 1.33 bits per heavy atom. The highest BCUT2D eigenvalue weighted by Gasteiger charge is 2.25. The summed E-state index contributed by atoms with van der Waals surface area (Å²) in [5.41, 5.74) is 6.33. The maximum atomic E-state index is 12.3. The first kappa shape index (κ1) is 15.4. The van der Waals surface area contributed by atoms with Gasteiger partial charge in [-0.15, -0.1) is 6.58 Å². The summed E-state index contributed by atoms with van der Waals surface area (Å²) < 4.78 is 5.59. The molecule has 0 unspecified atom stereocenters. The molecule has 0 spiro atoms. The van der Waals surface area contributed by atoms with E-state index in [0.29, 0.717) is 31.3 Å². The van der Waals surface area contributed by atoms with E-state index in [9.17, 15) is 4.79 Å². The molecule has 1 fully saturated rings. The van der Waals surface area contributed by atoms with Crippen molar-refractivity contribution in [2.24, 2.45) is 0 Å². The van der Waals surface area contributed by atoms with Gasteiger partial charge >= 0.3 is 0 Å². The highest BCUT2D eigenvalue weighted by Crippen LogP contribution is 2.24. The van der Waals surface area contributed by atoms with E-state index in [1.165, 1.54) is 12.8 Å². The van der Waals surface area contributed by atoms with E-state index in [2.05, 4.69) is 6.58 Å². The van der Waals surface area contributed by atoms with Crippen molar-refractivity contribution in [2.75, 3.05) is 18.9 Å². The van der Waals surface area contributed by atoms with Crippen LogP contribution in [0.4, 0.5) is 5.69 Å². The van der Waals surface area contributed by atoms with Crippen molar-refractivity contribution in [1.29, 1.82) is 0 Å². The van der Waals surface area contributed by atoms with E-state index in [0.717, 1.165) is 18.6 Å². The van der Waals surface area contributed by atoms with Crippen LogP contribution in [0.2, 0.25) is 0 Å². The molecule has 1 aliphatic carbocycles. The number of hydrogen-bond acceptors (Lipinski definition) is 3. The monoisotopic (exact) mass is 288 g/mol. The Labute approximate surface area is 126 Å². The molecule has 0 heterocycles. The van der Waals surface area contributed by atoms with E-state index in [-0.39, 0.29) is 5.91 Å². The van der Waals surface area contributed by atoms with Gasteiger partial charge in [0.25, 0.3) is 0 Å². The van der Waals surface area contributed by atoms with Crippen LogP contribution in [-0.2, 0) is 4.79 Å². The van der Waals surface area contributed by atoms with Crippen LogP contribution >= 0.6 is 0 Å². The van der Waals surface area contributed by atoms with Crippen molar-refractivity contribution in [3.05, 3.63) is 36.9 Å². The number of nitrogens with two attached hydrogens (primary N) is 1. The van der Waals surface area contributed by atoms with Crippen molar-refractivity contribution in [3.63, 3.8) is 0 Å².